The van der Waals surface area contributed by atoms with Crippen molar-refractivity contribution in [2.45, 2.75) is 5.33 Å². The molecule has 0 saturated carbocycles. The van der Waals surface area contributed by atoms with E-state index in [0.717, 1.165) is 16.6 Å². The molecule has 1 amide bonds. The molecule has 5 heteroatoms. The highest BCUT2D eigenvalue weighted by Crippen LogP contribution is 2.25. The number of anilines is 1. The predicted octanol–water partition coefficient (Wildman–Crippen LogP) is 3.64. The average Bonchev–Trinajstić information content (AvgIpc) is 2.48. The number of carbonyl (C=O) groups excluding carboxylic acids is 1. The highest BCUT2D eigenvalue weighted by molar-refractivity contribution is 9.08. The van der Waals surface area contributed by atoms with Gasteiger partial charge in [-0.15, -0.1) is 0 Å². The van der Waals surface area contributed by atoms with Crippen LogP contribution >= 0.6 is 15.9 Å². The Bertz CT molecular complexity index is 683. The van der Waals surface area contributed by atoms with Crippen molar-refractivity contribution in [3.05, 3.63) is 59.7 Å². The molecule has 0 aromatic heterocycles. The first-order valence-electron chi connectivity index (χ1n) is 6.24. The van der Waals surface area contributed by atoms with Crippen LogP contribution in [0.25, 0.3) is 6.08 Å². The molecule has 0 atom stereocenters. The van der Waals surface area contributed by atoms with Crippen molar-refractivity contribution in [2.24, 2.45) is 0 Å². The number of hydrogen-bond donors (Lipinski definition) is 3. The Morgan fingerprint density at radius 2 is 1.95 bits per heavy atom. The Kier molecular flexibility index (Phi) is 5.00. The fourth-order valence-corrected chi connectivity index (χ4v) is 2.08. The molecule has 4 nitrogen and oxygen atoms in total. The van der Waals surface area contributed by atoms with Gasteiger partial charge in [-0.1, -0.05) is 34.1 Å². The van der Waals surface area contributed by atoms with Crippen molar-refractivity contribution >= 4 is 33.6 Å². The number of alkyl halides is 1. The SMILES string of the molecule is O=C(C=Cc1ccc(O)c(O)c1)Nc1cccc(CBr)c1. The Balaban J connectivity index is 2.03. The summed E-state index contributed by atoms with van der Waals surface area (Å²) in [6.07, 6.45) is 2.93. The first-order chi connectivity index (χ1) is 10.1. The molecule has 0 aliphatic heterocycles. The predicted molar refractivity (Wildman–Crippen MR) is 86.5 cm³/mol. The molecule has 108 valence electrons. The van der Waals surface area contributed by atoms with Crippen LogP contribution < -0.4 is 5.32 Å². The molecule has 3 N–H and O–H groups in total. The maximum absolute atomic E-state index is 11.8. The second-order valence-corrected chi connectivity index (χ2v) is 4.97. The summed E-state index contributed by atoms with van der Waals surface area (Å²) in [6.45, 7) is 0. The minimum atomic E-state index is -0.269. The van der Waals surface area contributed by atoms with E-state index >= 15 is 0 Å². The number of hydrogen-bond acceptors (Lipinski definition) is 3. The van der Waals surface area contributed by atoms with E-state index in [9.17, 15) is 15.0 Å². The Morgan fingerprint density at radius 1 is 1.14 bits per heavy atom. The number of amides is 1. The van der Waals surface area contributed by atoms with E-state index in [1.54, 1.807) is 12.1 Å². The van der Waals surface area contributed by atoms with Gasteiger partial charge in [0.25, 0.3) is 0 Å². The van der Waals surface area contributed by atoms with Gasteiger partial charge in [-0.05, 0) is 41.5 Å². The fourth-order valence-electron chi connectivity index (χ4n) is 1.73. The number of nitrogens with one attached hydrogen (secondary N) is 1. The lowest BCUT2D eigenvalue weighted by molar-refractivity contribution is -0.111. The van der Waals surface area contributed by atoms with Crippen LogP contribution in [0.5, 0.6) is 11.5 Å². The highest BCUT2D eigenvalue weighted by atomic mass is 79.9. The molecule has 0 saturated heterocycles. The number of phenolic OH excluding ortho intramolecular Hbond substituents is 2. The van der Waals surface area contributed by atoms with E-state index in [-0.39, 0.29) is 17.4 Å². The number of halogens is 1. The summed E-state index contributed by atoms with van der Waals surface area (Å²) in [5.41, 5.74) is 2.41. The van der Waals surface area contributed by atoms with Crippen LogP contribution in [0.1, 0.15) is 11.1 Å². The highest BCUT2D eigenvalue weighted by Gasteiger charge is 2.01. The van der Waals surface area contributed by atoms with Gasteiger partial charge in [0.15, 0.2) is 11.5 Å². The maximum Gasteiger partial charge on any atom is 0.248 e. The quantitative estimate of drug-likeness (QED) is 0.449. The average molecular weight is 348 g/mol. The molecule has 0 heterocycles. The molecule has 0 aliphatic rings. The van der Waals surface area contributed by atoms with Crippen LogP contribution in [-0.2, 0) is 10.1 Å². The first-order valence-corrected chi connectivity index (χ1v) is 7.36. The molecular formula is C16H14BrNO3. The third-order valence-electron chi connectivity index (χ3n) is 2.78. The normalized spacial score (nSPS) is 10.7. The fraction of sp³-hybridized carbons (Fsp3) is 0.0625. The number of rotatable bonds is 4. The minimum Gasteiger partial charge on any atom is -0.504 e. The monoisotopic (exact) mass is 347 g/mol. The Morgan fingerprint density at radius 3 is 2.67 bits per heavy atom. The molecule has 0 spiro atoms. The van der Waals surface area contributed by atoms with Crippen LogP contribution in [-0.4, -0.2) is 16.1 Å². The van der Waals surface area contributed by atoms with E-state index in [4.69, 9.17) is 0 Å². The second kappa shape index (κ2) is 6.95. The standard InChI is InChI=1S/C16H14BrNO3/c17-10-12-2-1-3-13(8-12)18-16(21)7-5-11-4-6-14(19)15(20)9-11/h1-9,19-20H,10H2,(H,18,21). The molecule has 0 aliphatic carbocycles. The first kappa shape index (κ1) is 15.1. The molecule has 2 aromatic carbocycles. The van der Waals surface area contributed by atoms with Gasteiger partial charge in [-0.2, -0.15) is 0 Å². The van der Waals surface area contributed by atoms with Crippen molar-refractivity contribution in [1.82, 2.24) is 0 Å². The third kappa shape index (κ3) is 4.36. The third-order valence-corrected chi connectivity index (χ3v) is 3.42. The van der Waals surface area contributed by atoms with Crippen LogP contribution in [0.2, 0.25) is 0 Å². The summed E-state index contributed by atoms with van der Waals surface area (Å²) in [6, 6.07) is 11.9. The van der Waals surface area contributed by atoms with Crippen LogP contribution in [0.3, 0.4) is 0 Å². The number of phenols is 2. The summed E-state index contributed by atoms with van der Waals surface area (Å²) >= 11 is 3.36. The number of aromatic hydroxyl groups is 2. The van der Waals surface area contributed by atoms with Gasteiger partial charge >= 0.3 is 0 Å². The van der Waals surface area contributed by atoms with Crippen LogP contribution in [0.4, 0.5) is 5.69 Å². The molecular weight excluding hydrogens is 334 g/mol. The minimum absolute atomic E-state index is 0.191. The van der Waals surface area contributed by atoms with Crippen molar-refractivity contribution in [3.8, 4) is 11.5 Å². The lowest BCUT2D eigenvalue weighted by Gasteiger charge is -2.04. The molecule has 2 rings (SSSR count). The topological polar surface area (TPSA) is 69.6 Å². The van der Waals surface area contributed by atoms with Gasteiger partial charge in [0.2, 0.25) is 5.91 Å². The molecule has 2 aromatic rings. The van der Waals surface area contributed by atoms with Crippen LogP contribution in [0, 0.1) is 0 Å². The van der Waals surface area contributed by atoms with Crippen molar-refractivity contribution in [2.75, 3.05) is 5.32 Å². The van der Waals surface area contributed by atoms with Gasteiger partial charge < -0.3 is 15.5 Å². The summed E-state index contributed by atoms with van der Waals surface area (Å²) in [5, 5.41) is 22.1. The van der Waals surface area contributed by atoms with Gasteiger partial charge in [-0.25, -0.2) is 0 Å². The van der Waals surface area contributed by atoms with E-state index in [2.05, 4.69) is 21.2 Å². The van der Waals surface area contributed by atoms with Gasteiger partial charge in [0, 0.05) is 17.1 Å². The Labute approximate surface area is 130 Å². The van der Waals surface area contributed by atoms with E-state index < -0.39 is 0 Å². The molecule has 0 unspecified atom stereocenters. The van der Waals surface area contributed by atoms with Crippen molar-refractivity contribution in [1.29, 1.82) is 0 Å². The zero-order chi connectivity index (χ0) is 15.2. The van der Waals surface area contributed by atoms with Gasteiger partial charge in [0.1, 0.15) is 0 Å². The summed E-state index contributed by atoms with van der Waals surface area (Å²) < 4.78 is 0. The maximum atomic E-state index is 11.8. The van der Waals surface area contributed by atoms with E-state index in [0.29, 0.717) is 5.56 Å². The smallest absolute Gasteiger partial charge is 0.248 e. The van der Waals surface area contributed by atoms with Crippen molar-refractivity contribution in [3.63, 3.8) is 0 Å². The van der Waals surface area contributed by atoms with E-state index in [1.807, 2.05) is 24.3 Å². The van der Waals surface area contributed by atoms with Gasteiger partial charge in [0.05, 0.1) is 0 Å². The zero-order valence-corrected chi connectivity index (χ0v) is 12.7. The van der Waals surface area contributed by atoms with Crippen molar-refractivity contribution < 1.29 is 15.0 Å². The van der Waals surface area contributed by atoms with E-state index in [1.165, 1.54) is 18.2 Å². The summed E-state index contributed by atoms with van der Waals surface area (Å²) in [5.74, 6) is -0.681. The largest absolute Gasteiger partial charge is 0.504 e. The van der Waals surface area contributed by atoms with Gasteiger partial charge in [-0.3, -0.25) is 4.79 Å². The molecule has 0 bridgehead atoms. The number of carbonyl (C=O) groups is 1. The second-order valence-electron chi connectivity index (χ2n) is 4.40. The summed E-state index contributed by atoms with van der Waals surface area (Å²) in [7, 11) is 0. The lowest BCUT2D eigenvalue weighted by Crippen LogP contribution is -2.07. The zero-order valence-electron chi connectivity index (χ0n) is 11.1. The lowest BCUT2D eigenvalue weighted by atomic mass is 10.2. The Hall–Kier alpha value is -2.27. The molecule has 0 fully saturated rings. The summed E-state index contributed by atoms with van der Waals surface area (Å²) in [4.78, 5) is 11.8. The molecule has 0 radical (unpaired) electrons. The van der Waals surface area contributed by atoms with Crippen LogP contribution in [0.15, 0.2) is 48.5 Å². The number of benzene rings is 2. The molecule has 21 heavy (non-hydrogen) atoms.